The van der Waals surface area contributed by atoms with Gasteiger partial charge in [0.1, 0.15) is 17.1 Å². The van der Waals surface area contributed by atoms with Gasteiger partial charge in [0.05, 0.1) is 31.9 Å². The van der Waals surface area contributed by atoms with Crippen molar-refractivity contribution >= 4 is 22.6 Å². The van der Waals surface area contributed by atoms with Gasteiger partial charge < -0.3 is 33.3 Å². The van der Waals surface area contributed by atoms with Crippen LogP contribution in [0.4, 0.5) is 0 Å². The molecule has 4 rings (SSSR count). The first-order chi connectivity index (χ1) is 24.9. The third-order valence-electron chi connectivity index (χ3n) is 9.25. The molecule has 3 aromatic carbocycles. The molecule has 0 unspecified atom stereocenters. The molecule has 0 N–H and O–H groups in total. The Labute approximate surface area is 312 Å². The second-order valence-corrected chi connectivity index (χ2v) is 13.2. The Bertz CT molecular complexity index is 1580. The van der Waals surface area contributed by atoms with E-state index in [-0.39, 0.29) is 0 Å². The first-order valence-corrected chi connectivity index (χ1v) is 19.5. The lowest BCUT2D eigenvalue weighted by atomic mass is 10.1. The van der Waals surface area contributed by atoms with Crippen LogP contribution >= 0.6 is 11.6 Å². The van der Waals surface area contributed by atoms with Crippen LogP contribution in [0.25, 0.3) is 22.4 Å². The third kappa shape index (κ3) is 12.0. The standard InChI is InChI=1S/C42H60ClN4O4/c1-7-13-25-47-37-31-36(48-27-14-23-45(9-3)10-4)32-40(49-26-8-2)41(37)44-42(47)34-18-21-38(51-29-22-33-16-19-35(43)20-17-33)39(30-34)50-28-15-24-46(11-5)12-6/h16-21,30-32H,2,7-15,22-29H2,1,3-6H3. The van der Waals surface area contributed by atoms with E-state index in [1.807, 2.05) is 36.4 Å². The number of hydrogen-bond acceptors (Lipinski definition) is 7. The van der Waals surface area contributed by atoms with Crippen LogP contribution in [0.2, 0.25) is 5.02 Å². The molecule has 9 heteroatoms. The number of benzene rings is 3. The van der Waals surface area contributed by atoms with E-state index in [4.69, 9.17) is 35.5 Å². The van der Waals surface area contributed by atoms with Crippen molar-refractivity contribution < 1.29 is 18.9 Å². The van der Waals surface area contributed by atoms with E-state index < -0.39 is 0 Å². The molecule has 1 aromatic heterocycles. The van der Waals surface area contributed by atoms with Crippen LogP contribution < -0.4 is 18.9 Å². The van der Waals surface area contributed by atoms with Crippen LogP contribution in [0.3, 0.4) is 0 Å². The molecule has 0 aliphatic heterocycles. The van der Waals surface area contributed by atoms with Gasteiger partial charge in [-0.2, -0.15) is 0 Å². The van der Waals surface area contributed by atoms with Gasteiger partial charge in [-0.3, -0.25) is 0 Å². The summed E-state index contributed by atoms with van der Waals surface area (Å²) in [7, 11) is 0. The number of ether oxygens (including phenoxy) is 4. The summed E-state index contributed by atoms with van der Waals surface area (Å²) in [6.07, 6.45) is 5.39. The largest absolute Gasteiger partial charge is 0.493 e. The maximum Gasteiger partial charge on any atom is 0.161 e. The summed E-state index contributed by atoms with van der Waals surface area (Å²) in [4.78, 5) is 10.1. The minimum Gasteiger partial charge on any atom is -0.493 e. The van der Waals surface area contributed by atoms with Gasteiger partial charge in [0.15, 0.2) is 17.2 Å². The average molecular weight is 720 g/mol. The molecule has 0 aliphatic rings. The fourth-order valence-corrected chi connectivity index (χ4v) is 6.27. The minimum atomic E-state index is 0.505. The van der Waals surface area contributed by atoms with E-state index in [0.717, 1.165) is 128 Å². The molecule has 279 valence electrons. The van der Waals surface area contributed by atoms with Crippen LogP contribution in [0, 0.1) is 6.92 Å². The van der Waals surface area contributed by atoms with Gasteiger partial charge in [0.2, 0.25) is 0 Å². The van der Waals surface area contributed by atoms with Crippen molar-refractivity contribution in [3.05, 3.63) is 72.1 Å². The van der Waals surface area contributed by atoms with Crippen LogP contribution in [0.5, 0.6) is 23.0 Å². The number of aryl methyl sites for hydroxylation is 1. The molecule has 0 saturated heterocycles. The zero-order valence-electron chi connectivity index (χ0n) is 31.7. The van der Waals surface area contributed by atoms with Gasteiger partial charge in [0, 0.05) is 48.8 Å². The number of aromatic nitrogens is 2. The molecular formula is C42H60ClN4O4. The van der Waals surface area contributed by atoms with E-state index in [1.165, 1.54) is 5.56 Å². The Morgan fingerprint density at radius 1 is 0.686 bits per heavy atom. The van der Waals surface area contributed by atoms with Gasteiger partial charge in [-0.1, -0.05) is 64.8 Å². The van der Waals surface area contributed by atoms with E-state index >= 15 is 0 Å². The molecule has 51 heavy (non-hydrogen) atoms. The molecule has 0 bridgehead atoms. The first kappa shape index (κ1) is 40.3. The third-order valence-corrected chi connectivity index (χ3v) is 9.50. The smallest absolute Gasteiger partial charge is 0.161 e. The summed E-state index contributed by atoms with van der Waals surface area (Å²) in [5.74, 6) is 3.85. The van der Waals surface area contributed by atoms with E-state index in [2.05, 4.69) is 74.1 Å². The van der Waals surface area contributed by atoms with E-state index in [0.29, 0.717) is 32.8 Å². The molecular weight excluding hydrogens is 660 g/mol. The van der Waals surface area contributed by atoms with E-state index in [9.17, 15) is 0 Å². The van der Waals surface area contributed by atoms with Gasteiger partial charge in [-0.25, -0.2) is 4.98 Å². The summed E-state index contributed by atoms with van der Waals surface area (Å²) in [5, 5.41) is 0.733. The number of nitrogens with zero attached hydrogens (tertiary/aromatic N) is 4. The topological polar surface area (TPSA) is 61.2 Å². The van der Waals surface area contributed by atoms with Crippen LogP contribution in [0.15, 0.2) is 54.6 Å². The highest BCUT2D eigenvalue weighted by molar-refractivity contribution is 6.30. The SMILES string of the molecule is [CH2]CCOc1cc(OCCCN(CC)CC)cc2c1nc(-c1ccc(OCCc3ccc(Cl)cc3)c(OCCCN(CC)CC)c1)n2CCCC. The highest BCUT2D eigenvalue weighted by atomic mass is 35.5. The Balaban J connectivity index is 1.66. The number of fused-ring (bicyclic) bond motifs is 1. The Morgan fingerprint density at radius 2 is 1.33 bits per heavy atom. The Hall–Kier alpha value is -3.46. The second kappa shape index (κ2) is 21.8. The molecule has 4 aromatic rings. The molecule has 0 saturated carbocycles. The zero-order valence-corrected chi connectivity index (χ0v) is 32.5. The fraction of sp³-hybridized carbons (Fsp3) is 0.524. The van der Waals surface area contributed by atoms with E-state index in [1.54, 1.807) is 0 Å². The Morgan fingerprint density at radius 3 is 1.98 bits per heavy atom. The number of halogens is 1. The maximum atomic E-state index is 6.47. The van der Waals surface area contributed by atoms with Crippen molar-refractivity contribution in [1.82, 2.24) is 19.4 Å². The highest BCUT2D eigenvalue weighted by Crippen LogP contribution is 2.38. The van der Waals surface area contributed by atoms with Crippen molar-refractivity contribution in [2.75, 3.05) is 65.7 Å². The van der Waals surface area contributed by atoms with Gasteiger partial charge in [0.25, 0.3) is 0 Å². The van der Waals surface area contributed by atoms with Crippen LogP contribution in [0.1, 0.15) is 72.3 Å². The maximum absolute atomic E-state index is 6.47. The zero-order chi connectivity index (χ0) is 36.4. The Kier molecular flexibility index (Phi) is 17.2. The first-order valence-electron chi connectivity index (χ1n) is 19.1. The molecule has 8 nitrogen and oxygen atoms in total. The van der Waals surface area contributed by atoms with Crippen LogP contribution in [-0.2, 0) is 13.0 Å². The van der Waals surface area contributed by atoms with Gasteiger partial charge in [-0.15, -0.1) is 0 Å². The molecule has 0 fully saturated rings. The lowest BCUT2D eigenvalue weighted by Crippen LogP contribution is -2.25. The summed E-state index contributed by atoms with van der Waals surface area (Å²) < 4.78 is 27.7. The normalized spacial score (nSPS) is 11.5. The monoisotopic (exact) mass is 719 g/mol. The van der Waals surface area contributed by atoms with Crippen molar-refractivity contribution in [1.29, 1.82) is 0 Å². The lowest BCUT2D eigenvalue weighted by Gasteiger charge is -2.19. The minimum absolute atomic E-state index is 0.505. The molecule has 0 aliphatic carbocycles. The highest BCUT2D eigenvalue weighted by Gasteiger charge is 2.20. The molecule has 0 amide bonds. The molecule has 1 heterocycles. The summed E-state index contributed by atoms with van der Waals surface area (Å²) >= 11 is 6.10. The van der Waals surface area contributed by atoms with Gasteiger partial charge in [-0.05, 0) is 94.7 Å². The number of rotatable bonds is 25. The van der Waals surface area contributed by atoms with Crippen molar-refractivity contribution in [3.8, 4) is 34.4 Å². The number of imidazole rings is 1. The van der Waals surface area contributed by atoms with Crippen LogP contribution in [-0.4, -0.2) is 85.0 Å². The van der Waals surface area contributed by atoms with Gasteiger partial charge >= 0.3 is 0 Å². The predicted molar refractivity (Wildman–Crippen MR) is 212 cm³/mol. The molecule has 1 radical (unpaired) electrons. The number of hydrogen-bond donors (Lipinski definition) is 0. The lowest BCUT2D eigenvalue weighted by molar-refractivity contribution is 0.236. The fourth-order valence-electron chi connectivity index (χ4n) is 6.14. The second-order valence-electron chi connectivity index (χ2n) is 12.8. The predicted octanol–water partition coefficient (Wildman–Crippen LogP) is 9.60. The molecule has 0 atom stereocenters. The quantitative estimate of drug-likeness (QED) is 0.0633. The average Bonchev–Trinajstić information content (AvgIpc) is 3.52. The summed E-state index contributed by atoms with van der Waals surface area (Å²) in [6.45, 7) is 24.2. The van der Waals surface area contributed by atoms with Crippen molar-refractivity contribution in [3.63, 3.8) is 0 Å². The summed E-state index contributed by atoms with van der Waals surface area (Å²) in [5.41, 5.74) is 3.97. The van der Waals surface area contributed by atoms with Crippen molar-refractivity contribution in [2.45, 2.75) is 79.7 Å². The summed E-state index contributed by atoms with van der Waals surface area (Å²) in [6, 6.07) is 18.2. The number of unbranched alkanes of at least 4 members (excludes halogenated alkanes) is 1. The molecule has 0 spiro atoms. The van der Waals surface area contributed by atoms with Crippen molar-refractivity contribution in [2.24, 2.45) is 0 Å².